The first-order valence-corrected chi connectivity index (χ1v) is 8.01. The molecule has 0 saturated heterocycles. The molecule has 96 valence electrons. The Morgan fingerprint density at radius 3 is 2.76 bits per heavy atom. The van der Waals surface area contributed by atoms with Crippen LogP contribution in [0.15, 0.2) is 11.4 Å². The van der Waals surface area contributed by atoms with Crippen LogP contribution < -0.4 is 5.32 Å². The number of nitrogens with one attached hydrogen (secondary N) is 1. The minimum Gasteiger partial charge on any atom is -0.478 e. The van der Waals surface area contributed by atoms with Gasteiger partial charge < -0.3 is 10.4 Å². The highest BCUT2D eigenvalue weighted by Crippen LogP contribution is 2.14. The second-order valence-corrected chi connectivity index (χ2v) is 7.02. The van der Waals surface area contributed by atoms with Crippen LogP contribution in [-0.4, -0.2) is 38.0 Å². The zero-order chi connectivity index (χ0) is 12.9. The van der Waals surface area contributed by atoms with Crippen molar-refractivity contribution in [2.24, 2.45) is 0 Å². The molecule has 0 aliphatic rings. The van der Waals surface area contributed by atoms with Crippen molar-refractivity contribution >= 4 is 27.1 Å². The van der Waals surface area contributed by atoms with Crippen molar-refractivity contribution in [3.8, 4) is 0 Å². The second kappa shape index (κ2) is 6.13. The molecule has 0 bridgehead atoms. The van der Waals surface area contributed by atoms with E-state index in [0.717, 1.165) is 4.88 Å². The van der Waals surface area contributed by atoms with Gasteiger partial charge in [0, 0.05) is 23.1 Å². The molecule has 17 heavy (non-hydrogen) atoms. The molecular formula is C10H15NO4S2. The molecule has 1 rings (SSSR count). The summed E-state index contributed by atoms with van der Waals surface area (Å²) < 4.78 is 21.7. The Morgan fingerprint density at radius 1 is 1.53 bits per heavy atom. The van der Waals surface area contributed by atoms with E-state index >= 15 is 0 Å². The van der Waals surface area contributed by atoms with E-state index in [1.54, 1.807) is 11.4 Å². The molecule has 5 nitrogen and oxygen atoms in total. The first-order chi connectivity index (χ1) is 7.88. The number of carboxylic acids is 1. The maximum atomic E-state index is 10.9. The summed E-state index contributed by atoms with van der Waals surface area (Å²) in [6.07, 6.45) is 1.78. The Hall–Kier alpha value is -0.920. The molecule has 0 amide bonds. The van der Waals surface area contributed by atoms with Gasteiger partial charge in [0.2, 0.25) is 0 Å². The molecule has 0 radical (unpaired) electrons. The van der Waals surface area contributed by atoms with E-state index in [1.165, 1.54) is 17.6 Å². The molecule has 0 saturated carbocycles. The Balaban J connectivity index is 2.24. The second-order valence-electron chi connectivity index (χ2n) is 3.77. The molecule has 7 heteroatoms. The topological polar surface area (TPSA) is 83.5 Å². The summed E-state index contributed by atoms with van der Waals surface area (Å²) in [5, 5.41) is 13.4. The van der Waals surface area contributed by atoms with E-state index in [0.29, 0.717) is 25.1 Å². The minimum absolute atomic E-state index is 0.171. The van der Waals surface area contributed by atoms with Gasteiger partial charge in [-0.2, -0.15) is 0 Å². The van der Waals surface area contributed by atoms with Crippen molar-refractivity contribution in [2.75, 3.05) is 18.6 Å². The Bertz CT molecular complexity index is 478. The molecule has 2 N–H and O–H groups in total. The Kier molecular flexibility index (Phi) is 5.10. The number of aromatic carboxylic acids is 1. The molecular weight excluding hydrogens is 262 g/mol. The van der Waals surface area contributed by atoms with Crippen molar-refractivity contribution in [1.29, 1.82) is 0 Å². The lowest BCUT2D eigenvalue weighted by Gasteiger charge is -2.01. The predicted molar refractivity (Wildman–Crippen MR) is 67.3 cm³/mol. The highest BCUT2D eigenvalue weighted by molar-refractivity contribution is 7.90. The van der Waals surface area contributed by atoms with Crippen LogP contribution >= 0.6 is 11.3 Å². The lowest BCUT2D eigenvalue weighted by Crippen LogP contribution is -2.17. The fourth-order valence-corrected chi connectivity index (χ4v) is 2.75. The van der Waals surface area contributed by atoms with Gasteiger partial charge in [0.05, 0.1) is 11.3 Å². The van der Waals surface area contributed by atoms with Crippen LogP contribution in [0.1, 0.15) is 21.7 Å². The average molecular weight is 277 g/mol. The van der Waals surface area contributed by atoms with Gasteiger partial charge in [-0.1, -0.05) is 0 Å². The molecule has 1 aromatic heterocycles. The first-order valence-electron chi connectivity index (χ1n) is 5.07. The predicted octanol–water partition coefficient (Wildman–Crippen LogP) is 0.971. The highest BCUT2D eigenvalue weighted by Gasteiger charge is 2.06. The standard InChI is InChI=1S/C10H15NO4S2/c1-17(14,15)4-2-3-11-6-9-5-8(7-16-9)10(12)13/h5,7,11H,2-4,6H2,1H3,(H,12,13). The quantitative estimate of drug-likeness (QED) is 0.726. The molecule has 0 unspecified atom stereocenters. The Morgan fingerprint density at radius 2 is 2.24 bits per heavy atom. The zero-order valence-corrected chi connectivity index (χ0v) is 11.1. The molecule has 0 atom stereocenters. The molecule has 1 aromatic rings. The summed E-state index contributed by atoms with van der Waals surface area (Å²) in [5.41, 5.74) is 0.294. The fraction of sp³-hybridized carbons (Fsp3) is 0.500. The number of rotatable bonds is 7. The number of carboxylic acid groups (broad SMARTS) is 1. The molecule has 0 spiro atoms. The smallest absolute Gasteiger partial charge is 0.336 e. The van der Waals surface area contributed by atoms with Gasteiger partial charge in [-0.3, -0.25) is 0 Å². The third-order valence-electron chi connectivity index (χ3n) is 2.07. The summed E-state index contributed by atoms with van der Waals surface area (Å²) in [4.78, 5) is 11.6. The number of carbonyl (C=O) groups is 1. The molecule has 0 fully saturated rings. The van der Waals surface area contributed by atoms with E-state index in [2.05, 4.69) is 5.32 Å². The van der Waals surface area contributed by atoms with Crippen molar-refractivity contribution in [3.05, 3.63) is 21.9 Å². The van der Waals surface area contributed by atoms with Gasteiger partial charge in [-0.15, -0.1) is 11.3 Å². The number of hydrogen-bond acceptors (Lipinski definition) is 5. The van der Waals surface area contributed by atoms with Crippen molar-refractivity contribution in [2.45, 2.75) is 13.0 Å². The summed E-state index contributed by atoms with van der Waals surface area (Å²) >= 11 is 1.38. The lowest BCUT2D eigenvalue weighted by molar-refractivity contribution is 0.0697. The van der Waals surface area contributed by atoms with Crippen molar-refractivity contribution in [3.63, 3.8) is 0 Å². The summed E-state index contributed by atoms with van der Waals surface area (Å²) in [6, 6.07) is 1.62. The molecule has 0 aliphatic carbocycles. The van der Waals surface area contributed by atoms with Crippen LogP contribution in [0.5, 0.6) is 0 Å². The van der Waals surface area contributed by atoms with Gasteiger partial charge >= 0.3 is 5.97 Å². The molecule has 0 aromatic carbocycles. The lowest BCUT2D eigenvalue weighted by atomic mass is 10.3. The van der Waals surface area contributed by atoms with E-state index in [9.17, 15) is 13.2 Å². The van der Waals surface area contributed by atoms with Gasteiger partial charge in [-0.05, 0) is 19.0 Å². The average Bonchev–Trinajstić information content (AvgIpc) is 2.64. The van der Waals surface area contributed by atoms with E-state index < -0.39 is 15.8 Å². The van der Waals surface area contributed by atoms with Crippen molar-refractivity contribution in [1.82, 2.24) is 5.32 Å². The van der Waals surface area contributed by atoms with Crippen LogP contribution in [-0.2, 0) is 16.4 Å². The van der Waals surface area contributed by atoms with E-state index in [1.807, 2.05) is 0 Å². The Labute approximate surface area is 104 Å². The maximum Gasteiger partial charge on any atom is 0.336 e. The van der Waals surface area contributed by atoms with Gasteiger partial charge in [0.25, 0.3) is 0 Å². The normalized spacial score (nSPS) is 11.6. The number of hydrogen-bond donors (Lipinski definition) is 2. The van der Waals surface area contributed by atoms with Gasteiger partial charge in [0.15, 0.2) is 0 Å². The largest absolute Gasteiger partial charge is 0.478 e. The number of thiophene rings is 1. The van der Waals surface area contributed by atoms with E-state index in [4.69, 9.17) is 5.11 Å². The van der Waals surface area contributed by atoms with Crippen LogP contribution in [0, 0.1) is 0 Å². The van der Waals surface area contributed by atoms with E-state index in [-0.39, 0.29) is 5.75 Å². The molecule has 0 aliphatic heterocycles. The first kappa shape index (κ1) is 14.1. The van der Waals surface area contributed by atoms with Gasteiger partial charge in [0.1, 0.15) is 9.84 Å². The fourth-order valence-electron chi connectivity index (χ4n) is 1.26. The van der Waals surface area contributed by atoms with Crippen LogP contribution in [0.3, 0.4) is 0 Å². The van der Waals surface area contributed by atoms with Crippen LogP contribution in [0.4, 0.5) is 0 Å². The summed E-state index contributed by atoms with van der Waals surface area (Å²) in [7, 11) is -2.89. The van der Waals surface area contributed by atoms with Crippen LogP contribution in [0.25, 0.3) is 0 Å². The zero-order valence-electron chi connectivity index (χ0n) is 9.47. The third-order valence-corrected chi connectivity index (χ3v) is 4.04. The monoisotopic (exact) mass is 277 g/mol. The third kappa shape index (κ3) is 5.81. The summed E-state index contributed by atoms with van der Waals surface area (Å²) in [5.74, 6) is -0.755. The van der Waals surface area contributed by atoms with Crippen LogP contribution in [0.2, 0.25) is 0 Å². The molecule has 1 heterocycles. The van der Waals surface area contributed by atoms with Gasteiger partial charge in [-0.25, -0.2) is 13.2 Å². The van der Waals surface area contributed by atoms with Crippen molar-refractivity contribution < 1.29 is 18.3 Å². The maximum absolute atomic E-state index is 10.9. The SMILES string of the molecule is CS(=O)(=O)CCCNCc1cc(C(=O)O)cs1. The highest BCUT2D eigenvalue weighted by atomic mass is 32.2. The minimum atomic E-state index is -2.89. The summed E-state index contributed by atoms with van der Waals surface area (Å²) in [6.45, 7) is 1.18. The number of sulfone groups is 1.